The van der Waals surface area contributed by atoms with Gasteiger partial charge in [0.15, 0.2) is 11.5 Å². The number of sulfonamides is 1. The Morgan fingerprint density at radius 3 is 2.30 bits per heavy atom. The fourth-order valence-corrected chi connectivity index (χ4v) is 3.20. The monoisotopic (exact) mass is 336 g/mol. The van der Waals surface area contributed by atoms with Crippen LogP contribution < -0.4 is 10.5 Å². The number of hydrogen-bond donors (Lipinski definition) is 4. The number of nitrogens with one attached hydrogen (secondary N) is 1. The first-order valence-corrected chi connectivity index (χ1v) is 8.15. The third kappa shape index (κ3) is 4.21. The van der Waals surface area contributed by atoms with Crippen molar-refractivity contribution in [2.75, 3.05) is 0 Å². The molecule has 0 aliphatic rings. The summed E-state index contributed by atoms with van der Waals surface area (Å²) in [6, 6.07) is 10.7. The molecular weight excluding hydrogens is 320 g/mol. The van der Waals surface area contributed by atoms with Crippen molar-refractivity contribution < 1.29 is 23.4 Å². The van der Waals surface area contributed by atoms with E-state index in [9.17, 15) is 23.4 Å². The smallest absolute Gasteiger partial charge is 0.241 e. The lowest BCUT2D eigenvalue weighted by molar-refractivity contribution is -0.119. The fraction of sp³-hybridized carbons (Fsp3) is 0.133. The van der Waals surface area contributed by atoms with Crippen LogP contribution in [-0.2, 0) is 21.2 Å². The number of carbonyl (C=O) groups is 1. The molecule has 1 atom stereocenters. The second-order valence-electron chi connectivity index (χ2n) is 4.92. The van der Waals surface area contributed by atoms with Crippen LogP contribution in [0.3, 0.4) is 0 Å². The van der Waals surface area contributed by atoms with Gasteiger partial charge in [0, 0.05) is 6.07 Å². The molecule has 0 aliphatic heterocycles. The molecule has 2 rings (SSSR count). The maximum absolute atomic E-state index is 12.3. The van der Waals surface area contributed by atoms with Crippen molar-refractivity contribution in [3.05, 3.63) is 54.1 Å². The van der Waals surface area contributed by atoms with Gasteiger partial charge in [0.2, 0.25) is 15.9 Å². The number of primary amides is 1. The highest BCUT2D eigenvalue weighted by Gasteiger charge is 2.25. The average Bonchev–Trinajstić information content (AvgIpc) is 2.50. The van der Waals surface area contributed by atoms with Crippen molar-refractivity contribution >= 4 is 15.9 Å². The number of amides is 1. The predicted octanol–water partition coefficient (Wildman–Crippen LogP) is 0.473. The van der Waals surface area contributed by atoms with E-state index in [0.717, 1.165) is 23.8 Å². The lowest BCUT2D eigenvalue weighted by Gasteiger charge is -2.16. The van der Waals surface area contributed by atoms with Gasteiger partial charge in [0.25, 0.3) is 0 Å². The van der Waals surface area contributed by atoms with E-state index in [1.165, 1.54) is 0 Å². The van der Waals surface area contributed by atoms with Gasteiger partial charge in [0.1, 0.15) is 6.04 Å². The predicted molar refractivity (Wildman–Crippen MR) is 83.2 cm³/mol. The molecule has 23 heavy (non-hydrogen) atoms. The standard InChI is InChI=1S/C15H16N2O5S/c16-15(20)12(8-10-4-2-1-3-5-10)17-23(21,22)11-6-7-13(18)14(19)9-11/h1-7,9,12,17-19H,8H2,(H2,16,20). The number of aromatic hydroxyl groups is 2. The minimum absolute atomic E-state index is 0.0967. The summed E-state index contributed by atoms with van der Waals surface area (Å²) in [6.07, 6.45) is 0.0967. The van der Waals surface area contributed by atoms with E-state index in [4.69, 9.17) is 5.73 Å². The van der Waals surface area contributed by atoms with Gasteiger partial charge in [-0.3, -0.25) is 4.79 Å². The van der Waals surface area contributed by atoms with Gasteiger partial charge < -0.3 is 15.9 Å². The second-order valence-corrected chi connectivity index (χ2v) is 6.63. The third-order valence-electron chi connectivity index (χ3n) is 3.18. The maximum atomic E-state index is 12.3. The Bertz CT molecular complexity index is 806. The van der Waals surface area contributed by atoms with Crippen LogP contribution in [0.5, 0.6) is 11.5 Å². The van der Waals surface area contributed by atoms with Crippen molar-refractivity contribution in [3.63, 3.8) is 0 Å². The summed E-state index contributed by atoms with van der Waals surface area (Å²) in [6.45, 7) is 0. The fourth-order valence-electron chi connectivity index (χ4n) is 1.98. The number of phenolic OH excluding ortho intramolecular Hbond substituents is 2. The molecule has 7 nitrogen and oxygen atoms in total. The Morgan fingerprint density at radius 1 is 1.09 bits per heavy atom. The summed E-state index contributed by atoms with van der Waals surface area (Å²) in [7, 11) is -4.09. The summed E-state index contributed by atoms with van der Waals surface area (Å²) in [5, 5.41) is 18.6. The number of phenols is 2. The number of hydrogen-bond acceptors (Lipinski definition) is 5. The summed E-state index contributed by atoms with van der Waals surface area (Å²) in [5.41, 5.74) is 6.01. The van der Waals surface area contributed by atoms with Gasteiger partial charge in [0.05, 0.1) is 4.90 Å². The van der Waals surface area contributed by atoms with E-state index in [2.05, 4.69) is 4.72 Å². The number of benzene rings is 2. The maximum Gasteiger partial charge on any atom is 0.241 e. The molecule has 0 saturated heterocycles. The van der Waals surface area contributed by atoms with Crippen LogP contribution in [-0.4, -0.2) is 30.6 Å². The number of rotatable bonds is 6. The molecule has 8 heteroatoms. The van der Waals surface area contributed by atoms with E-state index >= 15 is 0 Å². The molecule has 0 aromatic heterocycles. The molecule has 1 unspecified atom stereocenters. The SMILES string of the molecule is NC(=O)C(Cc1ccccc1)NS(=O)(=O)c1ccc(O)c(O)c1. The minimum Gasteiger partial charge on any atom is -0.504 e. The number of nitrogens with two attached hydrogens (primary N) is 1. The summed E-state index contributed by atoms with van der Waals surface area (Å²) in [4.78, 5) is 11.3. The Balaban J connectivity index is 2.24. The molecule has 2 aromatic rings. The van der Waals surface area contributed by atoms with Crippen LogP contribution in [0.25, 0.3) is 0 Å². The molecule has 122 valence electrons. The first kappa shape index (κ1) is 16.8. The molecule has 0 saturated carbocycles. The van der Waals surface area contributed by atoms with Crippen LogP contribution in [0, 0.1) is 0 Å². The third-order valence-corrected chi connectivity index (χ3v) is 4.65. The Kier molecular flexibility index (Phi) is 4.87. The van der Waals surface area contributed by atoms with Crippen LogP contribution in [0.15, 0.2) is 53.4 Å². The summed E-state index contributed by atoms with van der Waals surface area (Å²) >= 11 is 0. The molecule has 1 amide bonds. The van der Waals surface area contributed by atoms with Crippen molar-refractivity contribution in [1.82, 2.24) is 4.72 Å². The molecule has 0 radical (unpaired) electrons. The second kappa shape index (κ2) is 6.67. The van der Waals surface area contributed by atoms with Gasteiger partial charge in [-0.1, -0.05) is 30.3 Å². The molecule has 5 N–H and O–H groups in total. The molecule has 0 fully saturated rings. The summed E-state index contributed by atoms with van der Waals surface area (Å²) in [5.74, 6) is -1.84. The van der Waals surface area contributed by atoms with E-state index in [1.54, 1.807) is 30.3 Å². The zero-order chi connectivity index (χ0) is 17.0. The minimum atomic E-state index is -4.09. The molecule has 0 bridgehead atoms. The highest BCUT2D eigenvalue weighted by molar-refractivity contribution is 7.89. The topological polar surface area (TPSA) is 130 Å². The van der Waals surface area contributed by atoms with Gasteiger partial charge in [-0.15, -0.1) is 0 Å². The first-order valence-electron chi connectivity index (χ1n) is 6.67. The van der Waals surface area contributed by atoms with Gasteiger partial charge in [-0.25, -0.2) is 8.42 Å². The van der Waals surface area contributed by atoms with Crippen molar-refractivity contribution in [2.45, 2.75) is 17.4 Å². The summed E-state index contributed by atoms with van der Waals surface area (Å²) < 4.78 is 26.8. The van der Waals surface area contributed by atoms with Crippen molar-refractivity contribution in [1.29, 1.82) is 0 Å². The van der Waals surface area contributed by atoms with E-state index in [-0.39, 0.29) is 11.3 Å². The average molecular weight is 336 g/mol. The Hall–Kier alpha value is -2.58. The largest absolute Gasteiger partial charge is 0.504 e. The quantitative estimate of drug-likeness (QED) is 0.570. The zero-order valence-corrected chi connectivity index (χ0v) is 12.8. The van der Waals surface area contributed by atoms with Gasteiger partial charge in [-0.05, 0) is 24.1 Å². The first-order chi connectivity index (χ1) is 10.8. The van der Waals surface area contributed by atoms with Crippen LogP contribution in [0.1, 0.15) is 5.56 Å². The molecule has 2 aromatic carbocycles. The Morgan fingerprint density at radius 2 is 1.74 bits per heavy atom. The highest BCUT2D eigenvalue weighted by Crippen LogP contribution is 2.27. The van der Waals surface area contributed by atoms with E-state index in [0.29, 0.717) is 0 Å². The molecular formula is C15H16N2O5S. The van der Waals surface area contributed by atoms with Crippen LogP contribution >= 0.6 is 0 Å². The molecule has 0 heterocycles. The zero-order valence-electron chi connectivity index (χ0n) is 12.0. The Labute approximate surface area is 133 Å². The van der Waals surface area contributed by atoms with Crippen LogP contribution in [0.2, 0.25) is 0 Å². The van der Waals surface area contributed by atoms with Gasteiger partial charge in [-0.2, -0.15) is 4.72 Å². The number of carbonyl (C=O) groups excluding carboxylic acids is 1. The van der Waals surface area contributed by atoms with Crippen LogP contribution in [0.4, 0.5) is 0 Å². The van der Waals surface area contributed by atoms with Gasteiger partial charge >= 0.3 is 0 Å². The molecule has 0 aliphatic carbocycles. The van der Waals surface area contributed by atoms with E-state index in [1.807, 2.05) is 0 Å². The lowest BCUT2D eigenvalue weighted by Crippen LogP contribution is -2.45. The highest BCUT2D eigenvalue weighted by atomic mass is 32.2. The lowest BCUT2D eigenvalue weighted by atomic mass is 10.1. The van der Waals surface area contributed by atoms with Crippen molar-refractivity contribution in [3.8, 4) is 11.5 Å². The van der Waals surface area contributed by atoms with Crippen molar-refractivity contribution in [2.24, 2.45) is 5.73 Å². The van der Waals surface area contributed by atoms with E-state index < -0.39 is 33.5 Å². The molecule has 0 spiro atoms. The normalized spacial score (nSPS) is 12.7.